The van der Waals surface area contributed by atoms with E-state index in [1.54, 1.807) is 26.2 Å². The molecule has 0 saturated carbocycles. The molecule has 4 aromatic rings. The van der Waals surface area contributed by atoms with Crippen molar-refractivity contribution >= 4 is 55.8 Å². The molecule has 1 unspecified atom stereocenters. The molecule has 0 bridgehead atoms. The third-order valence-corrected chi connectivity index (χ3v) is 7.75. The number of methoxy groups -OCH3 is 1. The third-order valence-electron chi connectivity index (χ3n) is 5.67. The number of anilines is 1. The number of aliphatic hydroxyl groups excluding tert-OH is 1. The van der Waals surface area contributed by atoms with E-state index in [1.165, 1.54) is 27.6 Å². The molecule has 1 aliphatic heterocycles. The summed E-state index contributed by atoms with van der Waals surface area (Å²) in [4.78, 5) is 37.7. The van der Waals surface area contributed by atoms with Crippen LogP contribution in [0.2, 0.25) is 0 Å². The Morgan fingerprint density at radius 2 is 1.89 bits per heavy atom. The number of aryl methyl sites for hydroxylation is 2. The van der Waals surface area contributed by atoms with Gasteiger partial charge >= 0.3 is 0 Å². The zero-order chi connectivity index (χ0) is 24.7. The number of rotatable bonds is 6. The van der Waals surface area contributed by atoms with E-state index in [0.717, 1.165) is 15.3 Å². The molecule has 1 amide bonds. The third kappa shape index (κ3) is 4.13. The van der Waals surface area contributed by atoms with E-state index in [0.29, 0.717) is 27.0 Å². The summed E-state index contributed by atoms with van der Waals surface area (Å²) in [5.74, 6) is -0.971. The van der Waals surface area contributed by atoms with Crippen LogP contribution in [0.4, 0.5) is 5.13 Å². The van der Waals surface area contributed by atoms with Gasteiger partial charge in [0.15, 0.2) is 10.9 Å². The van der Waals surface area contributed by atoms with Gasteiger partial charge in [-0.15, -0.1) is 11.3 Å². The topological polar surface area (TPSA) is 92.6 Å². The molecule has 35 heavy (non-hydrogen) atoms. The number of Topliss-reactive ketones (excluding diaryl/α,β-unsaturated/α-hetero) is 1. The first-order valence-corrected chi connectivity index (χ1v) is 12.4. The van der Waals surface area contributed by atoms with Crippen LogP contribution in [0.25, 0.3) is 16.3 Å². The molecule has 0 fully saturated rings. The van der Waals surface area contributed by atoms with E-state index in [4.69, 9.17) is 4.74 Å². The maximum atomic E-state index is 13.6. The lowest BCUT2D eigenvalue weighted by Crippen LogP contribution is -2.35. The molecule has 1 N–H and O–H groups in total. The summed E-state index contributed by atoms with van der Waals surface area (Å²) in [5.41, 5.74) is 2.18. The Bertz CT molecular complexity index is 1520. The van der Waals surface area contributed by atoms with Crippen molar-refractivity contribution < 1.29 is 19.4 Å². The molecule has 1 aliphatic rings. The number of nitrogens with zero attached hydrogens (tertiary/aromatic N) is 3. The van der Waals surface area contributed by atoms with E-state index < -0.39 is 23.5 Å². The van der Waals surface area contributed by atoms with Gasteiger partial charge in [0, 0.05) is 0 Å². The van der Waals surface area contributed by atoms with E-state index >= 15 is 0 Å². The number of hydrogen-bond acceptors (Lipinski definition) is 8. The van der Waals surface area contributed by atoms with Gasteiger partial charge in [-0.05, 0) is 37.6 Å². The highest BCUT2D eigenvalue weighted by molar-refractivity contribution is 7.22. The molecule has 2 aromatic carbocycles. The molecule has 0 radical (unpaired) electrons. The number of fused-ring (bicyclic) bond motifs is 1. The second kappa shape index (κ2) is 9.09. The highest BCUT2D eigenvalue weighted by Crippen LogP contribution is 2.39. The fraction of sp³-hybridized carbons (Fsp3) is 0.154. The smallest absolute Gasteiger partial charge is 0.296 e. The Labute approximate surface area is 209 Å². The van der Waals surface area contributed by atoms with Crippen molar-refractivity contribution in [2.45, 2.75) is 19.9 Å². The van der Waals surface area contributed by atoms with Crippen LogP contribution >= 0.6 is 22.7 Å². The minimum absolute atomic E-state index is 0.0192. The second-order valence-corrected chi connectivity index (χ2v) is 10.2. The fourth-order valence-corrected chi connectivity index (χ4v) is 5.91. The van der Waals surface area contributed by atoms with Gasteiger partial charge in [-0.1, -0.05) is 53.8 Å². The van der Waals surface area contributed by atoms with Gasteiger partial charge in [0.1, 0.15) is 5.75 Å². The van der Waals surface area contributed by atoms with E-state index in [1.807, 2.05) is 55.5 Å². The number of carbonyl (C=O) groups excluding carboxylic acids is 2. The molecule has 7 nitrogen and oxygen atoms in total. The van der Waals surface area contributed by atoms with Crippen LogP contribution in [0.5, 0.6) is 5.75 Å². The van der Waals surface area contributed by atoms with Crippen LogP contribution in [0.1, 0.15) is 25.9 Å². The summed E-state index contributed by atoms with van der Waals surface area (Å²) in [6.07, 6.45) is 3.58. The maximum absolute atomic E-state index is 13.6. The summed E-state index contributed by atoms with van der Waals surface area (Å²) in [6, 6.07) is 14.2. The predicted octanol–water partition coefficient (Wildman–Crippen LogP) is 5.50. The van der Waals surface area contributed by atoms with Crippen molar-refractivity contribution in [3.63, 3.8) is 0 Å². The first kappa shape index (κ1) is 22.9. The van der Waals surface area contributed by atoms with Gasteiger partial charge < -0.3 is 9.84 Å². The number of hydrogen-bond donors (Lipinski definition) is 1. The summed E-state index contributed by atoms with van der Waals surface area (Å²) >= 11 is 2.54. The molecule has 0 aliphatic carbocycles. The van der Waals surface area contributed by atoms with E-state index in [-0.39, 0.29) is 5.57 Å². The second-order valence-electron chi connectivity index (χ2n) is 7.96. The number of benzene rings is 2. The van der Waals surface area contributed by atoms with Crippen LogP contribution in [-0.2, 0) is 4.79 Å². The average molecular weight is 504 g/mol. The molecule has 3 heterocycles. The van der Waals surface area contributed by atoms with Gasteiger partial charge in [-0.25, -0.2) is 9.97 Å². The Kier molecular flexibility index (Phi) is 5.96. The SMILES string of the molecule is COc1ccc2nc(N3C(=O)C(O)=C(C(=O)c4sc(C)nc4C)C3C=Cc3ccccc3)sc2c1. The summed E-state index contributed by atoms with van der Waals surface area (Å²) in [5, 5.41) is 12.0. The average Bonchev–Trinajstić information content (AvgIpc) is 3.50. The van der Waals surface area contributed by atoms with Crippen LogP contribution in [0.15, 0.2) is 65.9 Å². The van der Waals surface area contributed by atoms with Crippen LogP contribution < -0.4 is 9.64 Å². The Morgan fingerprint density at radius 1 is 1.11 bits per heavy atom. The van der Waals surface area contributed by atoms with Crippen molar-refractivity contribution in [1.29, 1.82) is 0 Å². The summed E-state index contributed by atoms with van der Waals surface area (Å²) in [7, 11) is 1.58. The Morgan fingerprint density at radius 3 is 2.57 bits per heavy atom. The summed E-state index contributed by atoms with van der Waals surface area (Å²) < 4.78 is 6.13. The number of aliphatic hydroxyl groups is 1. The zero-order valence-corrected chi connectivity index (χ0v) is 20.8. The number of ketones is 1. The number of carbonyl (C=O) groups is 2. The first-order valence-electron chi connectivity index (χ1n) is 10.8. The van der Waals surface area contributed by atoms with Crippen molar-refractivity contribution in [3.8, 4) is 5.75 Å². The molecule has 176 valence electrons. The van der Waals surface area contributed by atoms with Crippen molar-refractivity contribution in [3.05, 3.63) is 87.1 Å². The highest BCUT2D eigenvalue weighted by atomic mass is 32.1. The van der Waals surface area contributed by atoms with Gasteiger partial charge in [0.05, 0.1) is 44.5 Å². The first-order chi connectivity index (χ1) is 16.9. The lowest BCUT2D eigenvalue weighted by atomic mass is 10.0. The van der Waals surface area contributed by atoms with Gasteiger partial charge in [0.25, 0.3) is 5.91 Å². The van der Waals surface area contributed by atoms with Gasteiger partial charge in [0.2, 0.25) is 5.78 Å². The highest BCUT2D eigenvalue weighted by Gasteiger charge is 2.44. The minimum atomic E-state index is -0.834. The van der Waals surface area contributed by atoms with Crippen LogP contribution in [0, 0.1) is 13.8 Å². The molecular formula is C26H21N3O4S2. The van der Waals surface area contributed by atoms with Gasteiger partial charge in [-0.3, -0.25) is 14.5 Å². The quantitative estimate of drug-likeness (QED) is 0.349. The van der Waals surface area contributed by atoms with E-state index in [2.05, 4.69) is 9.97 Å². The number of amides is 1. The maximum Gasteiger partial charge on any atom is 0.296 e. The van der Waals surface area contributed by atoms with E-state index in [9.17, 15) is 14.7 Å². The lowest BCUT2D eigenvalue weighted by molar-refractivity contribution is -0.116. The zero-order valence-electron chi connectivity index (χ0n) is 19.2. The fourth-order valence-electron chi connectivity index (χ4n) is 4.01. The Hall–Kier alpha value is -3.82. The van der Waals surface area contributed by atoms with Crippen LogP contribution in [0.3, 0.4) is 0 Å². The minimum Gasteiger partial charge on any atom is -0.503 e. The Balaban J connectivity index is 1.62. The standard InChI is InChI=1S/C26H21N3O4S2/c1-14-24(34-15(2)27-14)22(30)21-19(12-9-16-7-5-4-6-8-16)29(25(32)23(21)31)26-28-18-11-10-17(33-3)13-20(18)35-26/h4-13,19,31H,1-3H3. The van der Waals surface area contributed by atoms with Crippen molar-refractivity contribution in [1.82, 2.24) is 9.97 Å². The monoisotopic (exact) mass is 503 g/mol. The molecule has 0 spiro atoms. The number of ether oxygens (including phenoxy) is 1. The summed E-state index contributed by atoms with van der Waals surface area (Å²) in [6.45, 7) is 3.57. The molecular weight excluding hydrogens is 482 g/mol. The largest absolute Gasteiger partial charge is 0.503 e. The number of aromatic nitrogens is 2. The van der Waals surface area contributed by atoms with Crippen LogP contribution in [-0.4, -0.2) is 39.9 Å². The molecule has 9 heteroatoms. The molecule has 0 saturated heterocycles. The molecule has 1 atom stereocenters. The molecule has 5 rings (SSSR count). The lowest BCUT2D eigenvalue weighted by Gasteiger charge is -2.21. The molecule has 2 aromatic heterocycles. The predicted molar refractivity (Wildman–Crippen MR) is 138 cm³/mol. The normalized spacial score (nSPS) is 16.1. The van der Waals surface area contributed by atoms with Crippen molar-refractivity contribution in [2.24, 2.45) is 0 Å². The number of thiazole rings is 2. The van der Waals surface area contributed by atoms with Gasteiger partial charge in [-0.2, -0.15) is 0 Å². The van der Waals surface area contributed by atoms with Crippen molar-refractivity contribution in [2.75, 3.05) is 12.0 Å².